The zero-order valence-electron chi connectivity index (χ0n) is 16.3. The third-order valence-corrected chi connectivity index (χ3v) is 5.84. The lowest BCUT2D eigenvalue weighted by Crippen LogP contribution is -2.37. The summed E-state index contributed by atoms with van der Waals surface area (Å²) in [6.07, 6.45) is 0. The molecule has 0 fully saturated rings. The Balaban J connectivity index is 1.47. The van der Waals surface area contributed by atoms with Crippen LogP contribution in [0.5, 0.6) is 0 Å². The first-order valence-corrected chi connectivity index (χ1v) is 11.2. The van der Waals surface area contributed by atoms with Crippen molar-refractivity contribution in [2.75, 3.05) is 5.32 Å². The quantitative estimate of drug-likeness (QED) is 0.351. The molecule has 31 heavy (non-hydrogen) atoms. The summed E-state index contributed by atoms with van der Waals surface area (Å²) in [7, 11) is 0. The SMILES string of the molecule is O=C(NC(=S)Nc1nc(-c2ccc(Cl)cc2)cs1)C(c1ccccc1)c1ccccc1. The number of nitrogens with zero attached hydrogens (tertiary/aromatic N) is 1. The molecule has 1 amide bonds. The van der Waals surface area contributed by atoms with Crippen molar-refractivity contribution in [2.24, 2.45) is 0 Å². The Labute approximate surface area is 194 Å². The minimum atomic E-state index is -0.469. The van der Waals surface area contributed by atoms with Crippen LogP contribution in [0.25, 0.3) is 11.3 Å². The van der Waals surface area contributed by atoms with Crippen LogP contribution in [0.15, 0.2) is 90.3 Å². The maximum atomic E-state index is 13.1. The zero-order chi connectivity index (χ0) is 21.6. The van der Waals surface area contributed by atoms with Gasteiger partial charge in [-0.2, -0.15) is 0 Å². The largest absolute Gasteiger partial charge is 0.308 e. The van der Waals surface area contributed by atoms with E-state index < -0.39 is 5.92 Å². The normalized spacial score (nSPS) is 10.6. The van der Waals surface area contributed by atoms with Gasteiger partial charge in [0.2, 0.25) is 5.91 Å². The predicted octanol–water partition coefficient (Wildman–Crippen LogP) is 6.11. The van der Waals surface area contributed by atoms with E-state index in [4.69, 9.17) is 23.8 Å². The lowest BCUT2D eigenvalue weighted by Gasteiger charge is -2.18. The number of amides is 1. The number of benzene rings is 3. The van der Waals surface area contributed by atoms with Crippen LogP contribution in [0.1, 0.15) is 17.0 Å². The number of carbonyl (C=O) groups is 1. The number of anilines is 1. The van der Waals surface area contributed by atoms with Gasteiger partial charge in [-0.25, -0.2) is 4.98 Å². The van der Waals surface area contributed by atoms with Gasteiger partial charge in [0.1, 0.15) is 0 Å². The van der Waals surface area contributed by atoms with Crippen LogP contribution in [0.2, 0.25) is 5.02 Å². The highest BCUT2D eigenvalue weighted by Crippen LogP contribution is 2.27. The number of carbonyl (C=O) groups excluding carboxylic acids is 1. The molecule has 7 heteroatoms. The van der Waals surface area contributed by atoms with Gasteiger partial charge in [0.25, 0.3) is 0 Å². The third-order valence-electron chi connectivity index (χ3n) is 4.63. The average Bonchev–Trinajstić information content (AvgIpc) is 3.24. The molecule has 1 aromatic heterocycles. The second-order valence-electron chi connectivity index (χ2n) is 6.74. The molecule has 0 unspecified atom stereocenters. The molecule has 0 saturated heterocycles. The van der Waals surface area contributed by atoms with E-state index in [1.165, 1.54) is 11.3 Å². The smallest absolute Gasteiger partial charge is 0.238 e. The molecule has 0 atom stereocenters. The van der Waals surface area contributed by atoms with E-state index in [1.807, 2.05) is 90.3 Å². The minimum absolute atomic E-state index is 0.204. The molecule has 3 aromatic carbocycles. The van der Waals surface area contributed by atoms with Crippen molar-refractivity contribution in [3.05, 3.63) is 106 Å². The van der Waals surface area contributed by atoms with E-state index in [2.05, 4.69) is 15.6 Å². The van der Waals surface area contributed by atoms with E-state index in [0.717, 1.165) is 22.4 Å². The second kappa shape index (κ2) is 9.83. The first kappa shape index (κ1) is 21.2. The molecule has 4 aromatic rings. The molecule has 0 radical (unpaired) electrons. The van der Waals surface area contributed by atoms with Gasteiger partial charge in [0.15, 0.2) is 10.2 Å². The molecular weight excluding hydrogens is 446 g/mol. The number of halogens is 1. The molecule has 1 heterocycles. The van der Waals surface area contributed by atoms with Crippen LogP contribution in [0.4, 0.5) is 5.13 Å². The van der Waals surface area contributed by atoms with Crippen molar-refractivity contribution < 1.29 is 4.79 Å². The number of thiocarbonyl (C=S) groups is 1. The third kappa shape index (κ3) is 5.35. The minimum Gasteiger partial charge on any atom is -0.308 e. The van der Waals surface area contributed by atoms with Crippen molar-refractivity contribution in [3.63, 3.8) is 0 Å². The molecule has 0 spiro atoms. The number of nitrogens with one attached hydrogen (secondary N) is 2. The summed E-state index contributed by atoms with van der Waals surface area (Å²) in [5.74, 6) is -0.674. The number of hydrogen-bond acceptors (Lipinski definition) is 4. The molecule has 0 aliphatic rings. The lowest BCUT2D eigenvalue weighted by molar-refractivity contribution is -0.120. The van der Waals surface area contributed by atoms with Crippen molar-refractivity contribution in [2.45, 2.75) is 5.92 Å². The maximum absolute atomic E-state index is 13.1. The molecule has 0 bridgehead atoms. The van der Waals surface area contributed by atoms with Crippen LogP contribution in [-0.4, -0.2) is 16.0 Å². The lowest BCUT2D eigenvalue weighted by atomic mass is 9.90. The molecule has 4 nitrogen and oxygen atoms in total. The Bertz CT molecular complexity index is 1140. The Morgan fingerprint density at radius 1 is 0.903 bits per heavy atom. The Morgan fingerprint density at radius 2 is 1.48 bits per heavy atom. The molecule has 2 N–H and O–H groups in total. The molecular formula is C24H18ClN3OS2. The highest BCUT2D eigenvalue weighted by molar-refractivity contribution is 7.80. The van der Waals surface area contributed by atoms with Crippen LogP contribution in [0, 0.1) is 0 Å². The van der Waals surface area contributed by atoms with Gasteiger partial charge in [-0.05, 0) is 35.5 Å². The highest BCUT2D eigenvalue weighted by atomic mass is 35.5. The number of rotatable bonds is 5. The maximum Gasteiger partial charge on any atom is 0.238 e. The monoisotopic (exact) mass is 463 g/mol. The topological polar surface area (TPSA) is 54.0 Å². The van der Waals surface area contributed by atoms with Gasteiger partial charge >= 0.3 is 0 Å². The van der Waals surface area contributed by atoms with E-state index >= 15 is 0 Å². The van der Waals surface area contributed by atoms with Gasteiger partial charge in [-0.15, -0.1) is 11.3 Å². The molecule has 0 aliphatic carbocycles. The van der Waals surface area contributed by atoms with Gasteiger partial charge in [-0.3, -0.25) is 4.79 Å². The van der Waals surface area contributed by atoms with E-state index in [9.17, 15) is 4.79 Å². The molecule has 0 aliphatic heterocycles. The summed E-state index contributed by atoms with van der Waals surface area (Å²) in [6, 6.07) is 26.7. The Morgan fingerprint density at radius 3 is 2.06 bits per heavy atom. The van der Waals surface area contributed by atoms with Crippen molar-refractivity contribution in [3.8, 4) is 11.3 Å². The summed E-state index contributed by atoms with van der Waals surface area (Å²) in [4.78, 5) is 17.7. The fourth-order valence-corrected chi connectivity index (χ4v) is 4.29. The van der Waals surface area contributed by atoms with Gasteiger partial charge in [-0.1, -0.05) is 84.4 Å². The van der Waals surface area contributed by atoms with Crippen LogP contribution >= 0.6 is 35.2 Å². The van der Waals surface area contributed by atoms with Gasteiger partial charge in [0.05, 0.1) is 11.6 Å². The van der Waals surface area contributed by atoms with Crippen LogP contribution < -0.4 is 10.6 Å². The van der Waals surface area contributed by atoms with Crippen molar-refractivity contribution in [1.29, 1.82) is 0 Å². The Hall–Kier alpha value is -3.06. The molecule has 4 rings (SSSR count). The average molecular weight is 464 g/mol. The molecule has 0 saturated carbocycles. The van der Waals surface area contributed by atoms with Crippen LogP contribution in [-0.2, 0) is 4.79 Å². The number of aromatic nitrogens is 1. The number of thiazole rings is 1. The Kier molecular flexibility index (Phi) is 6.72. The predicted molar refractivity (Wildman–Crippen MR) is 132 cm³/mol. The van der Waals surface area contributed by atoms with Crippen LogP contribution in [0.3, 0.4) is 0 Å². The van der Waals surface area contributed by atoms with Gasteiger partial charge in [0, 0.05) is 16.0 Å². The summed E-state index contributed by atoms with van der Waals surface area (Å²) >= 11 is 12.7. The first-order valence-electron chi connectivity index (χ1n) is 9.53. The van der Waals surface area contributed by atoms with E-state index in [1.54, 1.807) is 0 Å². The highest BCUT2D eigenvalue weighted by Gasteiger charge is 2.23. The summed E-state index contributed by atoms with van der Waals surface area (Å²) in [5, 5.41) is 9.23. The standard InChI is InChI=1S/C24H18ClN3OS2/c25-19-13-11-16(12-14-19)20-15-31-24(26-20)28-23(30)27-22(29)21(17-7-3-1-4-8-17)18-9-5-2-6-10-18/h1-15,21H,(H2,26,27,28,29,30). The number of hydrogen-bond donors (Lipinski definition) is 2. The summed E-state index contributed by atoms with van der Waals surface area (Å²) < 4.78 is 0. The fourth-order valence-electron chi connectivity index (χ4n) is 3.18. The van der Waals surface area contributed by atoms with E-state index in [0.29, 0.717) is 10.2 Å². The summed E-state index contributed by atoms with van der Waals surface area (Å²) in [6.45, 7) is 0. The second-order valence-corrected chi connectivity index (χ2v) is 8.45. The fraction of sp³-hybridized carbons (Fsp3) is 0.0417. The zero-order valence-corrected chi connectivity index (χ0v) is 18.7. The van der Waals surface area contributed by atoms with Crippen molar-refractivity contribution in [1.82, 2.24) is 10.3 Å². The first-order chi connectivity index (χ1) is 15.1. The molecule has 154 valence electrons. The van der Waals surface area contributed by atoms with E-state index in [-0.39, 0.29) is 11.0 Å². The van der Waals surface area contributed by atoms with Gasteiger partial charge < -0.3 is 10.6 Å². The van der Waals surface area contributed by atoms with Crippen molar-refractivity contribution >= 4 is 51.3 Å². The summed E-state index contributed by atoms with van der Waals surface area (Å²) in [5.41, 5.74) is 3.56.